The van der Waals surface area contributed by atoms with Crippen LogP contribution in [0.4, 0.5) is 5.13 Å². The number of esters is 1. The zero-order valence-corrected chi connectivity index (χ0v) is 19.8. The van der Waals surface area contributed by atoms with Crippen molar-refractivity contribution in [3.05, 3.63) is 68.6 Å². The van der Waals surface area contributed by atoms with E-state index >= 15 is 0 Å². The number of hydrogen-bond acceptors (Lipinski definition) is 8. The second-order valence-corrected chi connectivity index (χ2v) is 8.08. The Balaban J connectivity index is 1.64. The highest BCUT2D eigenvalue weighted by molar-refractivity contribution is 7.13. The first-order valence-electron chi connectivity index (χ1n) is 9.63. The number of aromatic nitrogens is 1. The Morgan fingerprint density at radius 3 is 2.81 bits per heavy atom. The van der Waals surface area contributed by atoms with Gasteiger partial charge in [-0.05, 0) is 30.7 Å². The topological polar surface area (TPSA) is 82.0 Å². The molecule has 0 aliphatic rings. The van der Waals surface area contributed by atoms with Crippen molar-refractivity contribution in [1.82, 2.24) is 4.98 Å². The Hall–Kier alpha value is -2.81. The molecular weight excluding hydrogens is 473 g/mol. The molecule has 0 fully saturated rings. The summed E-state index contributed by atoms with van der Waals surface area (Å²) in [4.78, 5) is 15.8. The quantitative estimate of drug-likeness (QED) is 0.225. The highest BCUT2D eigenvalue weighted by Crippen LogP contribution is 2.37. The van der Waals surface area contributed by atoms with Gasteiger partial charge in [0.25, 0.3) is 0 Å². The van der Waals surface area contributed by atoms with Gasteiger partial charge in [0.1, 0.15) is 6.61 Å². The van der Waals surface area contributed by atoms with Crippen LogP contribution in [-0.2, 0) is 22.6 Å². The molecule has 1 N–H and O–H groups in total. The third kappa shape index (κ3) is 6.59. The van der Waals surface area contributed by atoms with E-state index in [1.54, 1.807) is 36.7 Å². The third-order valence-electron chi connectivity index (χ3n) is 4.14. The van der Waals surface area contributed by atoms with E-state index in [0.29, 0.717) is 44.5 Å². The van der Waals surface area contributed by atoms with Gasteiger partial charge >= 0.3 is 5.97 Å². The Labute approximate surface area is 199 Å². The molecule has 10 heteroatoms. The van der Waals surface area contributed by atoms with Crippen LogP contribution in [0.1, 0.15) is 23.7 Å². The van der Waals surface area contributed by atoms with Gasteiger partial charge in [0.2, 0.25) is 5.13 Å². The highest BCUT2D eigenvalue weighted by Gasteiger charge is 2.13. The van der Waals surface area contributed by atoms with Crippen molar-refractivity contribution in [3.8, 4) is 11.5 Å². The van der Waals surface area contributed by atoms with E-state index in [9.17, 15) is 4.79 Å². The van der Waals surface area contributed by atoms with E-state index in [0.717, 1.165) is 5.56 Å². The zero-order chi connectivity index (χ0) is 22.9. The van der Waals surface area contributed by atoms with Crippen molar-refractivity contribution in [2.45, 2.75) is 20.0 Å². The molecule has 0 radical (unpaired) electrons. The maximum atomic E-state index is 11.5. The van der Waals surface area contributed by atoms with Gasteiger partial charge in [-0.1, -0.05) is 41.4 Å². The second-order valence-electron chi connectivity index (χ2n) is 6.41. The van der Waals surface area contributed by atoms with Gasteiger partial charge in [0.15, 0.2) is 11.5 Å². The van der Waals surface area contributed by atoms with Gasteiger partial charge in [-0.15, -0.1) is 11.3 Å². The number of thiazole rings is 1. The Morgan fingerprint density at radius 1 is 1.25 bits per heavy atom. The van der Waals surface area contributed by atoms with Gasteiger partial charge in [0, 0.05) is 16.0 Å². The SMILES string of the molecule is CCOC(=O)Cc1csc(NN=Cc2cc(Cl)c(OCc3ccccc3Cl)c(OC)c2)n1. The molecule has 0 aliphatic heterocycles. The Bertz CT molecular complexity index is 1100. The molecule has 0 saturated carbocycles. The maximum absolute atomic E-state index is 11.5. The lowest BCUT2D eigenvalue weighted by Gasteiger charge is -2.14. The molecular formula is C22H21Cl2N3O4S. The van der Waals surface area contributed by atoms with Crippen LogP contribution in [0.5, 0.6) is 11.5 Å². The molecule has 3 aromatic rings. The summed E-state index contributed by atoms with van der Waals surface area (Å²) in [6, 6.07) is 10.9. The summed E-state index contributed by atoms with van der Waals surface area (Å²) in [5.41, 5.74) is 5.00. The number of carbonyl (C=O) groups is 1. The number of nitrogens with zero attached hydrogens (tertiary/aromatic N) is 2. The van der Waals surface area contributed by atoms with Crippen molar-refractivity contribution < 1.29 is 19.0 Å². The molecule has 0 saturated heterocycles. The second kappa shape index (κ2) is 11.7. The van der Waals surface area contributed by atoms with E-state index in [4.69, 9.17) is 37.4 Å². The predicted molar refractivity (Wildman–Crippen MR) is 127 cm³/mol. The molecule has 7 nitrogen and oxygen atoms in total. The summed E-state index contributed by atoms with van der Waals surface area (Å²) >= 11 is 13.9. The van der Waals surface area contributed by atoms with Crippen molar-refractivity contribution >= 4 is 51.9 Å². The molecule has 3 rings (SSSR count). The van der Waals surface area contributed by atoms with Crippen LogP contribution in [-0.4, -0.2) is 30.9 Å². The largest absolute Gasteiger partial charge is 0.493 e. The van der Waals surface area contributed by atoms with Crippen LogP contribution in [0.25, 0.3) is 0 Å². The van der Waals surface area contributed by atoms with Crippen LogP contribution in [0.15, 0.2) is 46.9 Å². The lowest BCUT2D eigenvalue weighted by molar-refractivity contribution is -0.142. The fourth-order valence-electron chi connectivity index (χ4n) is 2.68. The molecule has 0 aliphatic carbocycles. The molecule has 0 bridgehead atoms. The lowest BCUT2D eigenvalue weighted by atomic mass is 10.2. The van der Waals surface area contributed by atoms with Crippen LogP contribution in [0.2, 0.25) is 10.0 Å². The van der Waals surface area contributed by atoms with E-state index in [1.807, 2.05) is 18.2 Å². The smallest absolute Gasteiger partial charge is 0.311 e. The predicted octanol–water partition coefficient (Wildman–Crippen LogP) is 5.59. The molecule has 1 heterocycles. The number of anilines is 1. The molecule has 0 spiro atoms. The minimum absolute atomic E-state index is 0.123. The normalized spacial score (nSPS) is 10.9. The molecule has 1 aromatic heterocycles. The number of methoxy groups -OCH3 is 1. The number of carbonyl (C=O) groups excluding carboxylic acids is 1. The number of nitrogens with one attached hydrogen (secondary N) is 1. The lowest BCUT2D eigenvalue weighted by Crippen LogP contribution is -2.07. The first kappa shape index (κ1) is 23.8. The number of hydrogen-bond donors (Lipinski definition) is 1. The minimum Gasteiger partial charge on any atom is -0.493 e. The van der Waals surface area contributed by atoms with Gasteiger partial charge in [0.05, 0.1) is 37.1 Å². The van der Waals surface area contributed by atoms with E-state index in [2.05, 4.69) is 15.5 Å². The molecule has 168 valence electrons. The molecule has 0 amide bonds. The van der Waals surface area contributed by atoms with Crippen LogP contribution in [0, 0.1) is 0 Å². The fourth-order valence-corrected chi connectivity index (χ4v) is 3.80. The van der Waals surface area contributed by atoms with Crippen LogP contribution in [0.3, 0.4) is 0 Å². The number of benzene rings is 2. The first-order chi connectivity index (χ1) is 15.5. The van der Waals surface area contributed by atoms with E-state index in [-0.39, 0.29) is 19.0 Å². The van der Waals surface area contributed by atoms with E-state index in [1.165, 1.54) is 18.4 Å². The van der Waals surface area contributed by atoms with Crippen molar-refractivity contribution in [2.75, 3.05) is 19.1 Å². The summed E-state index contributed by atoms with van der Waals surface area (Å²) < 4.78 is 16.2. The van der Waals surface area contributed by atoms with Gasteiger partial charge in [-0.25, -0.2) is 4.98 Å². The van der Waals surface area contributed by atoms with Crippen LogP contribution < -0.4 is 14.9 Å². The van der Waals surface area contributed by atoms with Crippen LogP contribution >= 0.6 is 34.5 Å². The highest BCUT2D eigenvalue weighted by atomic mass is 35.5. The van der Waals surface area contributed by atoms with Gasteiger partial charge in [-0.2, -0.15) is 5.10 Å². The number of hydrazone groups is 1. The number of ether oxygens (including phenoxy) is 3. The van der Waals surface area contributed by atoms with Crippen molar-refractivity contribution in [1.29, 1.82) is 0 Å². The van der Waals surface area contributed by atoms with Gasteiger partial charge in [-0.3, -0.25) is 10.2 Å². The molecule has 0 atom stereocenters. The monoisotopic (exact) mass is 493 g/mol. The Kier molecular flexibility index (Phi) is 8.72. The summed E-state index contributed by atoms with van der Waals surface area (Å²) in [5, 5.41) is 7.50. The molecule has 32 heavy (non-hydrogen) atoms. The minimum atomic E-state index is -0.313. The fraction of sp³-hybridized carbons (Fsp3) is 0.227. The first-order valence-corrected chi connectivity index (χ1v) is 11.3. The van der Waals surface area contributed by atoms with Crippen molar-refractivity contribution in [2.24, 2.45) is 5.10 Å². The summed E-state index contributed by atoms with van der Waals surface area (Å²) in [5.74, 6) is 0.575. The van der Waals surface area contributed by atoms with Crippen molar-refractivity contribution in [3.63, 3.8) is 0 Å². The standard InChI is InChI=1S/C22H21Cl2N3O4S/c1-3-30-20(28)10-16-13-32-22(26-16)27-25-11-14-8-18(24)21(19(9-14)29-2)31-12-15-6-4-5-7-17(15)23/h4-9,11,13H,3,10,12H2,1-2H3,(H,26,27). The summed E-state index contributed by atoms with van der Waals surface area (Å²) in [7, 11) is 1.54. The molecule has 2 aromatic carbocycles. The average Bonchev–Trinajstić information content (AvgIpc) is 3.20. The number of rotatable bonds is 10. The third-order valence-corrected chi connectivity index (χ3v) is 5.58. The summed E-state index contributed by atoms with van der Waals surface area (Å²) in [6.07, 6.45) is 1.71. The van der Waals surface area contributed by atoms with Gasteiger partial charge < -0.3 is 14.2 Å². The maximum Gasteiger partial charge on any atom is 0.311 e. The number of halogens is 2. The Morgan fingerprint density at radius 2 is 2.06 bits per heavy atom. The molecule has 0 unspecified atom stereocenters. The summed E-state index contributed by atoms with van der Waals surface area (Å²) in [6.45, 7) is 2.36. The zero-order valence-electron chi connectivity index (χ0n) is 17.4. The van der Waals surface area contributed by atoms with E-state index < -0.39 is 0 Å². The average molecular weight is 494 g/mol.